The Balaban J connectivity index is 1.67. The van der Waals surface area contributed by atoms with Crippen molar-refractivity contribution >= 4 is 11.7 Å². The minimum Gasteiger partial charge on any atom is -0.396 e. The number of nitrogens with zero attached hydrogens (tertiary/aromatic N) is 3. The van der Waals surface area contributed by atoms with Crippen LogP contribution in [0.5, 0.6) is 0 Å². The average Bonchev–Trinajstić information content (AvgIpc) is 3.16. The van der Waals surface area contributed by atoms with Gasteiger partial charge in [-0.3, -0.25) is 0 Å². The Morgan fingerprint density at radius 3 is 2.71 bits per heavy atom. The van der Waals surface area contributed by atoms with Gasteiger partial charge in [0.2, 0.25) is 0 Å². The molecule has 0 saturated heterocycles. The quantitative estimate of drug-likeness (QED) is 0.906. The van der Waals surface area contributed by atoms with E-state index in [2.05, 4.69) is 10.4 Å². The minimum atomic E-state index is -0.109. The van der Waals surface area contributed by atoms with Crippen LogP contribution in [0, 0.1) is 5.92 Å². The second-order valence-electron chi connectivity index (χ2n) is 6.37. The zero-order valence-corrected chi connectivity index (χ0v) is 13.9. The van der Waals surface area contributed by atoms with Gasteiger partial charge in [0.25, 0.3) is 0 Å². The first kappa shape index (κ1) is 16.5. The van der Waals surface area contributed by atoms with Gasteiger partial charge in [-0.1, -0.05) is 12.1 Å². The summed E-state index contributed by atoms with van der Waals surface area (Å²) in [6.07, 6.45) is 7.40. The van der Waals surface area contributed by atoms with Crippen LogP contribution in [0.2, 0.25) is 0 Å². The minimum absolute atomic E-state index is 0.109. The predicted octanol–water partition coefficient (Wildman–Crippen LogP) is 2.89. The number of hydrogen-bond donors (Lipinski definition) is 2. The van der Waals surface area contributed by atoms with Crippen LogP contribution in [-0.4, -0.2) is 45.5 Å². The standard InChI is InChI=1S/C18H24N4O2/c1-21(15-9-7-14(13-23)8-10-15)18(24)20-16-5-2-3-6-17(16)22-12-4-11-19-22/h2-6,11-12,14-15,23H,7-10,13H2,1H3,(H,20,24). The molecule has 1 aliphatic rings. The maximum atomic E-state index is 12.6. The van der Waals surface area contributed by atoms with Crippen molar-refractivity contribution < 1.29 is 9.90 Å². The zero-order valence-electron chi connectivity index (χ0n) is 13.9. The fourth-order valence-corrected chi connectivity index (χ4v) is 3.27. The van der Waals surface area contributed by atoms with Crippen LogP contribution < -0.4 is 5.32 Å². The largest absolute Gasteiger partial charge is 0.396 e. The van der Waals surface area contributed by atoms with E-state index in [-0.39, 0.29) is 18.7 Å². The van der Waals surface area contributed by atoms with Crippen molar-refractivity contribution in [1.82, 2.24) is 14.7 Å². The zero-order chi connectivity index (χ0) is 16.9. The number of carbonyl (C=O) groups excluding carboxylic acids is 1. The van der Waals surface area contributed by atoms with Gasteiger partial charge in [0, 0.05) is 32.1 Å². The molecule has 0 spiro atoms. The highest BCUT2D eigenvalue weighted by Gasteiger charge is 2.26. The van der Waals surface area contributed by atoms with Gasteiger partial charge in [0.15, 0.2) is 0 Å². The first-order valence-electron chi connectivity index (χ1n) is 8.42. The van der Waals surface area contributed by atoms with Gasteiger partial charge in [0.1, 0.15) is 0 Å². The average molecular weight is 328 g/mol. The third-order valence-electron chi connectivity index (χ3n) is 4.84. The number of rotatable bonds is 4. The molecule has 6 nitrogen and oxygen atoms in total. The summed E-state index contributed by atoms with van der Waals surface area (Å²) in [5.74, 6) is 0.387. The third kappa shape index (κ3) is 3.59. The number of aliphatic hydroxyl groups is 1. The Bertz CT molecular complexity index is 663. The van der Waals surface area contributed by atoms with E-state index in [1.165, 1.54) is 0 Å². The molecule has 1 aliphatic carbocycles. The molecule has 1 heterocycles. The number of urea groups is 1. The monoisotopic (exact) mass is 328 g/mol. The SMILES string of the molecule is CN(C(=O)Nc1ccccc1-n1cccn1)C1CCC(CO)CC1. The molecule has 2 amide bonds. The smallest absolute Gasteiger partial charge is 0.321 e. The molecule has 24 heavy (non-hydrogen) atoms. The van der Waals surface area contributed by atoms with Crippen molar-refractivity contribution in [2.45, 2.75) is 31.7 Å². The Morgan fingerprint density at radius 2 is 2.04 bits per heavy atom. The Labute approximate surface area is 142 Å². The molecule has 2 aromatic rings. The normalized spacial score (nSPS) is 20.6. The molecule has 0 atom stereocenters. The lowest BCUT2D eigenvalue weighted by atomic mass is 9.86. The lowest BCUT2D eigenvalue weighted by Gasteiger charge is -2.34. The number of benzene rings is 1. The summed E-state index contributed by atoms with van der Waals surface area (Å²) in [6, 6.07) is 9.60. The van der Waals surface area contributed by atoms with Gasteiger partial charge in [-0.05, 0) is 49.8 Å². The Hall–Kier alpha value is -2.34. The molecule has 1 saturated carbocycles. The van der Waals surface area contributed by atoms with E-state index in [0.29, 0.717) is 5.92 Å². The summed E-state index contributed by atoms with van der Waals surface area (Å²) in [6.45, 7) is 0.250. The predicted molar refractivity (Wildman–Crippen MR) is 93.2 cm³/mol. The summed E-state index contributed by atoms with van der Waals surface area (Å²) < 4.78 is 1.74. The number of amides is 2. The van der Waals surface area contributed by atoms with Gasteiger partial charge in [-0.2, -0.15) is 5.10 Å². The van der Waals surface area contributed by atoms with Crippen molar-refractivity contribution in [2.75, 3.05) is 19.0 Å². The van der Waals surface area contributed by atoms with E-state index in [4.69, 9.17) is 0 Å². The third-order valence-corrected chi connectivity index (χ3v) is 4.84. The summed E-state index contributed by atoms with van der Waals surface area (Å²) >= 11 is 0. The van der Waals surface area contributed by atoms with E-state index in [1.807, 2.05) is 43.6 Å². The number of hydrogen-bond acceptors (Lipinski definition) is 3. The molecule has 1 fully saturated rings. The van der Waals surface area contributed by atoms with E-state index in [0.717, 1.165) is 37.1 Å². The summed E-state index contributed by atoms with van der Waals surface area (Å²) in [5.41, 5.74) is 1.58. The van der Waals surface area contributed by atoms with Gasteiger partial charge < -0.3 is 15.3 Å². The number of aliphatic hydroxyl groups excluding tert-OH is 1. The van der Waals surface area contributed by atoms with Crippen molar-refractivity contribution in [1.29, 1.82) is 0 Å². The van der Waals surface area contributed by atoms with E-state index in [1.54, 1.807) is 15.8 Å². The molecule has 0 bridgehead atoms. The van der Waals surface area contributed by atoms with Crippen LogP contribution in [0.4, 0.5) is 10.5 Å². The van der Waals surface area contributed by atoms with E-state index >= 15 is 0 Å². The van der Waals surface area contributed by atoms with Crippen molar-refractivity contribution in [3.63, 3.8) is 0 Å². The number of para-hydroxylation sites is 2. The molecule has 128 valence electrons. The molecule has 1 aromatic heterocycles. The van der Waals surface area contributed by atoms with Crippen LogP contribution in [0.1, 0.15) is 25.7 Å². The highest BCUT2D eigenvalue weighted by molar-refractivity contribution is 5.91. The van der Waals surface area contributed by atoms with Gasteiger partial charge >= 0.3 is 6.03 Å². The van der Waals surface area contributed by atoms with Gasteiger partial charge in [-0.25, -0.2) is 9.48 Å². The van der Waals surface area contributed by atoms with E-state index in [9.17, 15) is 9.90 Å². The first-order valence-corrected chi connectivity index (χ1v) is 8.42. The topological polar surface area (TPSA) is 70.4 Å². The first-order chi connectivity index (χ1) is 11.7. The van der Waals surface area contributed by atoms with Crippen LogP contribution >= 0.6 is 0 Å². The molecule has 6 heteroatoms. The van der Waals surface area contributed by atoms with Crippen molar-refractivity contribution in [3.8, 4) is 5.69 Å². The molecule has 0 unspecified atom stereocenters. The van der Waals surface area contributed by atoms with Crippen LogP contribution in [-0.2, 0) is 0 Å². The number of carbonyl (C=O) groups is 1. The van der Waals surface area contributed by atoms with Crippen LogP contribution in [0.25, 0.3) is 5.69 Å². The van der Waals surface area contributed by atoms with Gasteiger partial charge in [0.05, 0.1) is 11.4 Å². The summed E-state index contributed by atoms with van der Waals surface area (Å²) in [4.78, 5) is 14.4. The van der Waals surface area contributed by atoms with Crippen molar-refractivity contribution in [2.24, 2.45) is 5.92 Å². The lowest BCUT2D eigenvalue weighted by Crippen LogP contribution is -2.42. The van der Waals surface area contributed by atoms with Gasteiger partial charge in [-0.15, -0.1) is 0 Å². The maximum absolute atomic E-state index is 12.6. The molecule has 0 radical (unpaired) electrons. The fourth-order valence-electron chi connectivity index (χ4n) is 3.27. The summed E-state index contributed by atoms with van der Waals surface area (Å²) in [5, 5.41) is 16.5. The fraction of sp³-hybridized carbons (Fsp3) is 0.444. The Kier molecular flexibility index (Phi) is 5.15. The molecule has 1 aromatic carbocycles. The van der Waals surface area contributed by atoms with Crippen molar-refractivity contribution in [3.05, 3.63) is 42.7 Å². The summed E-state index contributed by atoms with van der Waals surface area (Å²) in [7, 11) is 1.84. The number of aromatic nitrogens is 2. The van der Waals surface area contributed by atoms with E-state index < -0.39 is 0 Å². The molecular formula is C18H24N4O2. The highest BCUT2D eigenvalue weighted by Crippen LogP contribution is 2.27. The second kappa shape index (κ2) is 7.49. The number of nitrogens with one attached hydrogen (secondary N) is 1. The molecular weight excluding hydrogens is 304 g/mol. The van der Waals surface area contributed by atoms with Crippen LogP contribution in [0.15, 0.2) is 42.7 Å². The second-order valence-corrected chi connectivity index (χ2v) is 6.37. The maximum Gasteiger partial charge on any atom is 0.321 e. The van der Waals surface area contributed by atoms with Crippen LogP contribution in [0.3, 0.4) is 0 Å². The lowest BCUT2D eigenvalue weighted by molar-refractivity contribution is 0.139. The number of anilines is 1. The highest BCUT2D eigenvalue weighted by atomic mass is 16.3. The molecule has 0 aliphatic heterocycles. The molecule has 2 N–H and O–H groups in total. The Morgan fingerprint density at radius 1 is 1.29 bits per heavy atom. The molecule has 3 rings (SSSR count).